The van der Waals surface area contributed by atoms with Crippen LogP contribution in [0.3, 0.4) is 0 Å². The number of carbonyl (C=O) groups is 1. The van der Waals surface area contributed by atoms with Crippen molar-refractivity contribution in [2.75, 3.05) is 0 Å². The van der Waals surface area contributed by atoms with Crippen molar-refractivity contribution in [1.82, 2.24) is 0 Å². The topological polar surface area (TPSA) is 78.3 Å². The van der Waals surface area contributed by atoms with Crippen LogP contribution in [0.2, 0.25) is 0 Å². The number of rotatable bonds is 27. The Hall–Kier alpha value is -0.647. The van der Waals surface area contributed by atoms with Crippen molar-refractivity contribution in [2.24, 2.45) is 11.5 Å². The van der Waals surface area contributed by atoms with Gasteiger partial charge in [0.2, 0.25) is 0 Å². The second-order valence-corrected chi connectivity index (χ2v) is 12.8. The number of primary amides is 1. The molecule has 1 aromatic carbocycles. The molecule has 0 bridgehead atoms. The number of unbranched alkanes of at least 4 members (excludes halogenated alkanes) is 22. The van der Waals surface area contributed by atoms with Crippen LogP contribution in [-0.4, -0.2) is 10.4 Å². The van der Waals surface area contributed by atoms with Gasteiger partial charge in [-0.25, -0.2) is 0 Å². The van der Waals surface area contributed by atoms with Crippen LogP contribution >= 0.6 is 24.8 Å². The van der Waals surface area contributed by atoms with Crippen molar-refractivity contribution in [3.63, 3.8) is 0 Å². The largest absolute Gasteiger partial charge is 0.432 e. The van der Waals surface area contributed by atoms with Gasteiger partial charge < -0.3 is 16.2 Å². The van der Waals surface area contributed by atoms with Gasteiger partial charge in [0.1, 0.15) is 5.75 Å². The minimum absolute atomic E-state index is 0. The molecule has 246 valence electrons. The molecule has 1 aromatic rings. The van der Waals surface area contributed by atoms with E-state index in [1.807, 2.05) is 6.07 Å². The third-order valence-corrected chi connectivity index (χ3v) is 8.10. The molecule has 0 heterocycles. The standard InChI is InChI=1S/C35H63NOS.CH3NOS.Zn/c1-3-5-7-9-11-13-15-17-19-21-23-25-28-32-29-27-31-34(37-35(36)38)33(32)30-26-24-22-20-18-16-14-12-10-8-6-4-2;2-1(3)4;/h27,29,31H,3-26,28,30H2,1-2H3,(H2,36,38);(H3,2,3,4);. The quantitative estimate of drug-likeness (QED) is 0.0372. The zero-order chi connectivity index (χ0) is 31.1. The second kappa shape index (κ2) is 34.2. The summed E-state index contributed by atoms with van der Waals surface area (Å²) >= 11 is 8.17. The summed E-state index contributed by atoms with van der Waals surface area (Å²) in [5.41, 5.74) is 12.9. The summed E-state index contributed by atoms with van der Waals surface area (Å²) in [6.07, 6.45) is 35.4. The van der Waals surface area contributed by atoms with E-state index in [1.165, 1.54) is 165 Å². The first kappa shape index (κ1) is 44.5. The van der Waals surface area contributed by atoms with Crippen molar-refractivity contribution >= 4 is 35.3 Å². The van der Waals surface area contributed by atoms with E-state index in [0.717, 1.165) is 18.6 Å². The number of ether oxygens (including phenoxy) is 1. The van der Waals surface area contributed by atoms with E-state index in [-0.39, 0.29) is 24.7 Å². The molecular formula is C36H66N2O2S2Zn. The molecule has 0 saturated heterocycles. The van der Waals surface area contributed by atoms with Crippen molar-refractivity contribution in [3.05, 3.63) is 29.3 Å². The zero-order valence-corrected chi connectivity index (χ0v) is 32.8. The van der Waals surface area contributed by atoms with Crippen LogP contribution in [0.4, 0.5) is 4.79 Å². The third kappa shape index (κ3) is 31.1. The van der Waals surface area contributed by atoms with Crippen molar-refractivity contribution in [3.8, 4) is 5.75 Å². The minimum Gasteiger partial charge on any atom is -0.432 e. The zero-order valence-electron chi connectivity index (χ0n) is 28.2. The molecule has 0 aromatic heterocycles. The van der Waals surface area contributed by atoms with E-state index in [0.29, 0.717) is 0 Å². The van der Waals surface area contributed by atoms with Gasteiger partial charge in [-0.1, -0.05) is 180 Å². The maximum absolute atomic E-state index is 9.09. The molecule has 0 aliphatic heterocycles. The summed E-state index contributed by atoms with van der Waals surface area (Å²) in [6.45, 7) is 4.58. The number of thiocarbonyl (C=S) groups is 1. The number of amides is 1. The van der Waals surface area contributed by atoms with Crippen molar-refractivity contribution < 1.29 is 29.0 Å². The summed E-state index contributed by atoms with van der Waals surface area (Å²) in [5.74, 6) is 0.886. The number of aryl methyl sites for hydroxylation is 1. The van der Waals surface area contributed by atoms with Crippen LogP contribution in [0.15, 0.2) is 18.2 Å². The average Bonchev–Trinajstić information content (AvgIpc) is 2.94. The predicted molar refractivity (Wildman–Crippen MR) is 192 cm³/mol. The van der Waals surface area contributed by atoms with E-state index >= 15 is 0 Å². The van der Waals surface area contributed by atoms with Gasteiger partial charge in [-0.15, -0.1) is 0 Å². The van der Waals surface area contributed by atoms with Crippen molar-refractivity contribution in [1.29, 1.82) is 0 Å². The molecule has 4 N–H and O–H groups in total. The summed E-state index contributed by atoms with van der Waals surface area (Å²) in [7, 11) is 0. The first-order valence-corrected chi connectivity index (χ1v) is 18.3. The molecule has 0 atom stereocenters. The normalized spacial score (nSPS) is 10.5. The molecule has 0 aliphatic carbocycles. The van der Waals surface area contributed by atoms with Gasteiger partial charge in [-0.2, -0.15) is 0 Å². The number of nitrogens with two attached hydrogens (primary N) is 2. The summed E-state index contributed by atoms with van der Waals surface area (Å²) in [6, 6.07) is 6.44. The molecule has 0 fully saturated rings. The van der Waals surface area contributed by atoms with Gasteiger partial charge in [-0.05, 0) is 55.1 Å². The first-order chi connectivity index (χ1) is 20.4. The summed E-state index contributed by atoms with van der Waals surface area (Å²) in [4.78, 5) is 9.09. The smallest absolute Gasteiger partial charge is 0.273 e. The molecule has 7 heteroatoms. The van der Waals surface area contributed by atoms with Crippen LogP contribution in [0.5, 0.6) is 5.75 Å². The average molecular weight is 688 g/mol. The SMILES string of the molecule is CCCCCCCCCCCCCCc1cccc(OC(N)=S)c1CCCCCCCCCCCCCC.NC(=O)S.[Zn]. The Morgan fingerprint density at radius 3 is 1.30 bits per heavy atom. The van der Waals surface area contributed by atoms with Gasteiger partial charge >= 0.3 is 0 Å². The monoisotopic (exact) mass is 686 g/mol. The molecule has 4 nitrogen and oxygen atoms in total. The minimum atomic E-state index is -0.639. The number of hydrogen-bond acceptors (Lipinski definition) is 3. The predicted octanol–water partition coefficient (Wildman–Crippen LogP) is 11.8. The maximum atomic E-state index is 9.09. The Morgan fingerprint density at radius 2 is 0.953 bits per heavy atom. The Kier molecular flexibility index (Phi) is 35.4. The van der Waals surface area contributed by atoms with Gasteiger partial charge in [0, 0.05) is 19.5 Å². The first-order valence-electron chi connectivity index (χ1n) is 17.5. The molecule has 1 amide bonds. The Morgan fingerprint density at radius 1 is 0.628 bits per heavy atom. The van der Waals surface area contributed by atoms with Crippen LogP contribution in [0.1, 0.15) is 179 Å². The third-order valence-electron chi connectivity index (χ3n) is 8.02. The van der Waals surface area contributed by atoms with Gasteiger partial charge in [0.25, 0.3) is 10.4 Å². The molecule has 43 heavy (non-hydrogen) atoms. The van der Waals surface area contributed by atoms with E-state index in [9.17, 15) is 0 Å². The molecule has 1 rings (SSSR count). The fraction of sp³-hybridized carbons (Fsp3) is 0.778. The molecule has 0 spiro atoms. The van der Waals surface area contributed by atoms with Crippen LogP contribution < -0.4 is 16.2 Å². The van der Waals surface area contributed by atoms with Crippen LogP contribution in [-0.2, 0) is 32.3 Å². The summed E-state index contributed by atoms with van der Waals surface area (Å²) < 4.78 is 5.77. The van der Waals surface area contributed by atoms with Gasteiger partial charge in [-0.3, -0.25) is 4.79 Å². The van der Waals surface area contributed by atoms with Crippen LogP contribution in [0, 0.1) is 0 Å². The molecule has 0 saturated carbocycles. The Balaban J connectivity index is 0. The molecule has 0 aliphatic rings. The fourth-order valence-electron chi connectivity index (χ4n) is 5.63. The van der Waals surface area contributed by atoms with Gasteiger partial charge in [0.05, 0.1) is 0 Å². The molecular weight excluding hydrogens is 622 g/mol. The molecule has 0 unspecified atom stereocenters. The number of benzene rings is 1. The number of carbonyl (C=O) groups excluding carboxylic acids is 1. The fourth-order valence-corrected chi connectivity index (χ4v) is 5.72. The molecule has 0 radical (unpaired) electrons. The van der Waals surface area contributed by atoms with Gasteiger partial charge in [0.15, 0.2) is 0 Å². The maximum Gasteiger partial charge on any atom is 0.273 e. The van der Waals surface area contributed by atoms with Crippen molar-refractivity contribution in [2.45, 2.75) is 181 Å². The number of thiol groups is 1. The Labute approximate surface area is 290 Å². The van der Waals surface area contributed by atoms with E-state index in [2.05, 4.69) is 44.3 Å². The summed E-state index contributed by atoms with van der Waals surface area (Å²) in [5, 5.41) is -0.511. The Bertz CT molecular complexity index is 776. The van der Waals surface area contributed by atoms with E-state index in [1.54, 1.807) is 0 Å². The van der Waals surface area contributed by atoms with Crippen LogP contribution in [0.25, 0.3) is 0 Å². The van der Waals surface area contributed by atoms with E-state index in [4.69, 9.17) is 27.5 Å². The second-order valence-electron chi connectivity index (χ2n) is 11.9. The van der Waals surface area contributed by atoms with E-state index < -0.39 is 5.24 Å². The number of hydrogen-bond donors (Lipinski definition) is 3.